The summed E-state index contributed by atoms with van der Waals surface area (Å²) in [6.45, 7) is 3.67. The molecule has 1 aromatic rings. The van der Waals surface area contributed by atoms with Crippen molar-refractivity contribution in [3.63, 3.8) is 0 Å². The number of hydrogen-bond acceptors (Lipinski definition) is 4. The molecule has 0 bridgehead atoms. The molecule has 0 aliphatic heterocycles. The second-order valence-electron chi connectivity index (χ2n) is 4.73. The number of hydrogen-bond donors (Lipinski definition) is 2. The zero-order valence-corrected chi connectivity index (χ0v) is 12.9. The third kappa shape index (κ3) is 4.57. The lowest BCUT2D eigenvalue weighted by atomic mass is 10.0. The Balaban J connectivity index is 2.69. The smallest absolute Gasteiger partial charge is 0.270 e. The Morgan fingerprint density at radius 3 is 2.65 bits per heavy atom. The van der Waals surface area contributed by atoms with Crippen LogP contribution in [0.15, 0.2) is 22.7 Å². The van der Waals surface area contributed by atoms with Crippen molar-refractivity contribution in [3.8, 4) is 0 Å². The summed E-state index contributed by atoms with van der Waals surface area (Å²) >= 11 is 3.23. The van der Waals surface area contributed by atoms with Gasteiger partial charge in [-0.25, -0.2) is 0 Å². The number of amides is 1. The normalized spacial score (nSPS) is 13.6. The molecule has 0 aromatic heterocycles. The van der Waals surface area contributed by atoms with E-state index in [2.05, 4.69) is 21.2 Å². The van der Waals surface area contributed by atoms with Crippen LogP contribution in [-0.4, -0.2) is 28.6 Å². The zero-order valence-electron chi connectivity index (χ0n) is 11.3. The Bertz CT molecular complexity index is 507. The van der Waals surface area contributed by atoms with Gasteiger partial charge in [-0.1, -0.05) is 28.9 Å². The molecule has 2 atom stereocenters. The third-order valence-electron chi connectivity index (χ3n) is 3.13. The van der Waals surface area contributed by atoms with Gasteiger partial charge in [0.2, 0.25) is 5.91 Å². The monoisotopic (exact) mass is 344 g/mol. The van der Waals surface area contributed by atoms with Crippen LogP contribution in [0, 0.1) is 16.0 Å². The highest BCUT2D eigenvalue weighted by atomic mass is 79.9. The summed E-state index contributed by atoms with van der Waals surface area (Å²) in [7, 11) is 0. The lowest BCUT2D eigenvalue weighted by Crippen LogP contribution is -2.39. The van der Waals surface area contributed by atoms with E-state index in [-0.39, 0.29) is 36.6 Å². The van der Waals surface area contributed by atoms with E-state index in [0.717, 1.165) is 0 Å². The Hall–Kier alpha value is -1.47. The van der Waals surface area contributed by atoms with Crippen molar-refractivity contribution >= 4 is 27.5 Å². The number of rotatable bonds is 6. The van der Waals surface area contributed by atoms with Crippen molar-refractivity contribution in [1.82, 2.24) is 5.32 Å². The molecule has 0 saturated carbocycles. The largest absolute Gasteiger partial charge is 0.396 e. The van der Waals surface area contributed by atoms with Crippen molar-refractivity contribution in [2.24, 2.45) is 5.92 Å². The van der Waals surface area contributed by atoms with Gasteiger partial charge in [-0.05, 0) is 18.4 Å². The molecule has 110 valence electrons. The lowest BCUT2D eigenvalue weighted by molar-refractivity contribution is -0.384. The van der Waals surface area contributed by atoms with E-state index in [9.17, 15) is 14.9 Å². The van der Waals surface area contributed by atoms with Crippen molar-refractivity contribution in [1.29, 1.82) is 0 Å². The van der Waals surface area contributed by atoms with Crippen LogP contribution in [-0.2, 0) is 11.2 Å². The number of aliphatic hydroxyl groups excluding tert-OH is 1. The summed E-state index contributed by atoms with van der Waals surface area (Å²) in [5.74, 6) is -0.216. The van der Waals surface area contributed by atoms with Crippen molar-refractivity contribution < 1.29 is 14.8 Å². The second kappa shape index (κ2) is 7.35. The van der Waals surface area contributed by atoms with E-state index in [4.69, 9.17) is 5.11 Å². The van der Waals surface area contributed by atoms with Gasteiger partial charge in [0.25, 0.3) is 5.69 Å². The molecule has 20 heavy (non-hydrogen) atoms. The van der Waals surface area contributed by atoms with E-state index >= 15 is 0 Å². The van der Waals surface area contributed by atoms with Crippen LogP contribution in [0.25, 0.3) is 0 Å². The quantitative estimate of drug-likeness (QED) is 0.610. The van der Waals surface area contributed by atoms with Crippen LogP contribution in [0.1, 0.15) is 19.4 Å². The van der Waals surface area contributed by atoms with E-state index in [1.165, 1.54) is 12.1 Å². The molecule has 1 amide bonds. The van der Waals surface area contributed by atoms with E-state index < -0.39 is 4.92 Å². The SMILES string of the molecule is CC(CO)C(C)NC(=O)Cc1ccc([N+](=O)[O-])cc1Br. The van der Waals surface area contributed by atoms with Gasteiger partial charge in [-0.2, -0.15) is 0 Å². The third-order valence-corrected chi connectivity index (χ3v) is 3.87. The molecule has 1 aromatic carbocycles. The summed E-state index contributed by atoms with van der Waals surface area (Å²) < 4.78 is 0.532. The number of nitro groups is 1. The molecule has 0 fully saturated rings. The number of non-ortho nitro benzene ring substituents is 1. The van der Waals surface area contributed by atoms with Crippen LogP contribution in [0.5, 0.6) is 0 Å². The first-order valence-electron chi connectivity index (χ1n) is 6.18. The predicted octanol–water partition coefficient (Wildman–Crippen LogP) is 2.03. The number of carbonyl (C=O) groups is 1. The molecule has 0 heterocycles. The topological polar surface area (TPSA) is 92.5 Å². The van der Waals surface area contributed by atoms with Crippen LogP contribution < -0.4 is 5.32 Å². The fourth-order valence-electron chi connectivity index (χ4n) is 1.57. The van der Waals surface area contributed by atoms with Crippen LogP contribution >= 0.6 is 15.9 Å². The minimum absolute atomic E-state index is 0.00265. The van der Waals surface area contributed by atoms with Crippen molar-refractivity contribution in [3.05, 3.63) is 38.3 Å². The van der Waals surface area contributed by atoms with Crippen molar-refractivity contribution in [2.75, 3.05) is 6.61 Å². The van der Waals surface area contributed by atoms with Crippen LogP contribution in [0.4, 0.5) is 5.69 Å². The van der Waals surface area contributed by atoms with Gasteiger partial charge in [0, 0.05) is 29.3 Å². The number of aliphatic hydroxyl groups is 1. The molecular weight excluding hydrogens is 328 g/mol. The summed E-state index contributed by atoms with van der Waals surface area (Å²) in [6, 6.07) is 4.17. The van der Waals surface area contributed by atoms with E-state index in [0.29, 0.717) is 10.0 Å². The van der Waals surface area contributed by atoms with Crippen LogP contribution in [0.2, 0.25) is 0 Å². The molecule has 7 heteroatoms. The Kier molecular flexibility index (Phi) is 6.09. The van der Waals surface area contributed by atoms with Crippen molar-refractivity contribution in [2.45, 2.75) is 26.3 Å². The number of benzene rings is 1. The number of carbonyl (C=O) groups excluding carboxylic acids is 1. The van der Waals surface area contributed by atoms with Gasteiger partial charge in [0.05, 0.1) is 11.3 Å². The number of nitro benzene ring substituents is 1. The van der Waals surface area contributed by atoms with Gasteiger partial charge in [-0.15, -0.1) is 0 Å². The van der Waals surface area contributed by atoms with Gasteiger partial charge < -0.3 is 10.4 Å². The molecule has 0 aliphatic rings. The maximum absolute atomic E-state index is 11.9. The molecule has 0 radical (unpaired) electrons. The highest BCUT2D eigenvalue weighted by molar-refractivity contribution is 9.10. The molecule has 1 rings (SSSR count). The Morgan fingerprint density at radius 2 is 2.15 bits per heavy atom. The highest BCUT2D eigenvalue weighted by Crippen LogP contribution is 2.23. The summed E-state index contributed by atoms with van der Waals surface area (Å²) in [5.41, 5.74) is 0.653. The first kappa shape index (κ1) is 16.6. The number of nitrogens with one attached hydrogen (secondary N) is 1. The molecule has 0 spiro atoms. The highest BCUT2D eigenvalue weighted by Gasteiger charge is 2.16. The van der Waals surface area contributed by atoms with E-state index in [1.807, 2.05) is 13.8 Å². The minimum atomic E-state index is -0.486. The maximum Gasteiger partial charge on any atom is 0.270 e. The summed E-state index contributed by atoms with van der Waals surface area (Å²) in [6.07, 6.45) is 0.126. The standard InChI is InChI=1S/C13H17BrN2O4/c1-8(7-17)9(2)15-13(18)5-10-3-4-11(16(19)20)6-12(10)14/h3-4,6,8-9,17H,5,7H2,1-2H3,(H,15,18). The van der Waals surface area contributed by atoms with E-state index in [1.54, 1.807) is 6.07 Å². The average molecular weight is 345 g/mol. The zero-order chi connectivity index (χ0) is 15.3. The first-order chi connectivity index (χ1) is 9.35. The Morgan fingerprint density at radius 1 is 1.50 bits per heavy atom. The summed E-state index contributed by atoms with van der Waals surface area (Å²) in [5, 5.41) is 22.4. The fraction of sp³-hybridized carbons (Fsp3) is 0.462. The fourth-order valence-corrected chi connectivity index (χ4v) is 2.08. The average Bonchev–Trinajstić information content (AvgIpc) is 2.39. The number of nitrogens with zero attached hydrogens (tertiary/aromatic N) is 1. The second-order valence-corrected chi connectivity index (χ2v) is 5.58. The lowest BCUT2D eigenvalue weighted by Gasteiger charge is -2.19. The molecule has 0 aliphatic carbocycles. The minimum Gasteiger partial charge on any atom is -0.396 e. The van der Waals surface area contributed by atoms with Gasteiger partial charge >= 0.3 is 0 Å². The molecule has 0 saturated heterocycles. The molecule has 2 unspecified atom stereocenters. The van der Waals surface area contributed by atoms with Gasteiger partial charge in [0.15, 0.2) is 0 Å². The molecule has 2 N–H and O–H groups in total. The Labute approximate surface area is 125 Å². The number of halogens is 1. The predicted molar refractivity (Wildman–Crippen MR) is 78.4 cm³/mol. The van der Waals surface area contributed by atoms with Crippen LogP contribution in [0.3, 0.4) is 0 Å². The summed E-state index contributed by atoms with van der Waals surface area (Å²) in [4.78, 5) is 22.0. The maximum atomic E-state index is 11.9. The van der Waals surface area contributed by atoms with Gasteiger partial charge in [-0.3, -0.25) is 14.9 Å². The van der Waals surface area contributed by atoms with Gasteiger partial charge in [0.1, 0.15) is 0 Å². The molecular formula is C13H17BrN2O4. The molecule has 6 nitrogen and oxygen atoms in total. The first-order valence-corrected chi connectivity index (χ1v) is 6.97.